The smallest absolute Gasteiger partial charge is 0.338 e. The maximum atomic E-state index is 12.1. The van der Waals surface area contributed by atoms with Crippen LogP contribution < -0.4 is 10.6 Å². The number of carbonyl (C=O) groups excluding carboxylic acids is 1. The predicted octanol–water partition coefficient (Wildman–Crippen LogP) is 4.73. The van der Waals surface area contributed by atoms with Crippen molar-refractivity contribution in [2.24, 2.45) is 0 Å². The van der Waals surface area contributed by atoms with E-state index in [1.807, 2.05) is 32.9 Å². The minimum absolute atomic E-state index is 0.326. The van der Waals surface area contributed by atoms with Gasteiger partial charge in [0.2, 0.25) is 11.9 Å². The predicted molar refractivity (Wildman–Crippen MR) is 115 cm³/mol. The number of rotatable bonds is 6. The van der Waals surface area contributed by atoms with Crippen molar-refractivity contribution < 1.29 is 9.53 Å². The van der Waals surface area contributed by atoms with Crippen molar-refractivity contribution in [1.82, 2.24) is 15.2 Å². The molecule has 0 atom stereocenters. The van der Waals surface area contributed by atoms with Gasteiger partial charge in [0.1, 0.15) is 5.60 Å². The summed E-state index contributed by atoms with van der Waals surface area (Å²) in [7, 11) is 0. The average molecular weight is 393 g/mol. The molecule has 7 heteroatoms. The van der Waals surface area contributed by atoms with Gasteiger partial charge in [0, 0.05) is 12.2 Å². The molecule has 0 aliphatic carbocycles. The van der Waals surface area contributed by atoms with E-state index in [0.717, 1.165) is 11.3 Å². The van der Waals surface area contributed by atoms with Crippen molar-refractivity contribution in [3.8, 4) is 0 Å². The third-order valence-corrected chi connectivity index (χ3v) is 4.01. The number of aromatic amines is 1. The Labute approximate surface area is 170 Å². The van der Waals surface area contributed by atoms with Crippen LogP contribution in [0.4, 0.5) is 17.6 Å². The van der Waals surface area contributed by atoms with Crippen LogP contribution in [0, 0.1) is 13.8 Å². The third kappa shape index (κ3) is 6.07. The Hall–Kier alpha value is -3.35. The molecule has 0 saturated heterocycles. The fourth-order valence-electron chi connectivity index (χ4n) is 2.86. The van der Waals surface area contributed by atoms with Crippen LogP contribution in [0.1, 0.15) is 47.8 Å². The molecule has 0 aliphatic heterocycles. The van der Waals surface area contributed by atoms with Gasteiger partial charge < -0.3 is 15.4 Å². The topological polar surface area (TPSA) is 91.9 Å². The summed E-state index contributed by atoms with van der Waals surface area (Å²) in [5.74, 6) is 0.735. The number of aromatic nitrogens is 3. The summed E-state index contributed by atoms with van der Waals surface area (Å²) < 4.78 is 5.37. The number of hydrogen-bond acceptors (Lipinski definition) is 6. The second-order valence-corrected chi connectivity index (χ2v) is 8.06. The maximum Gasteiger partial charge on any atom is 0.338 e. The number of aryl methyl sites for hydroxylation is 2. The van der Waals surface area contributed by atoms with Crippen LogP contribution in [0.25, 0.3) is 0 Å². The molecule has 1 aromatic heterocycles. The number of H-pyrrole nitrogens is 1. The van der Waals surface area contributed by atoms with Gasteiger partial charge in [-0.05, 0) is 75.6 Å². The zero-order chi connectivity index (χ0) is 21.0. The van der Waals surface area contributed by atoms with E-state index in [9.17, 15) is 4.79 Å². The van der Waals surface area contributed by atoms with Gasteiger partial charge in [-0.2, -0.15) is 4.98 Å². The van der Waals surface area contributed by atoms with Gasteiger partial charge in [-0.1, -0.05) is 18.2 Å². The van der Waals surface area contributed by atoms with Crippen LogP contribution in [0.5, 0.6) is 0 Å². The zero-order valence-electron chi connectivity index (χ0n) is 17.5. The first-order valence-corrected chi connectivity index (χ1v) is 9.52. The highest BCUT2D eigenvalue weighted by Crippen LogP contribution is 2.18. The van der Waals surface area contributed by atoms with Gasteiger partial charge in [-0.25, -0.2) is 9.89 Å². The summed E-state index contributed by atoms with van der Waals surface area (Å²) in [6, 6.07) is 13.5. The highest BCUT2D eigenvalue weighted by Gasteiger charge is 2.17. The molecule has 0 spiro atoms. The van der Waals surface area contributed by atoms with E-state index in [1.165, 1.54) is 11.1 Å². The molecule has 1 heterocycles. The molecule has 0 fully saturated rings. The number of nitrogens with zero attached hydrogens (tertiary/aromatic N) is 2. The van der Waals surface area contributed by atoms with E-state index in [0.29, 0.717) is 24.0 Å². The normalized spacial score (nSPS) is 11.2. The first-order chi connectivity index (χ1) is 13.7. The van der Waals surface area contributed by atoms with E-state index in [4.69, 9.17) is 4.74 Å². The molecule has 29 heavy (non-hydrogen) atoms. The van der Waals surface area contributed by atoms with Crippen molar-refractivity contribution in [2.45, 2.75) is 46.8 Å². The lowest BCUT2D eigenvalue weighted by atomic mass is 10.1. The van der Waals surface area contributed by atoms with E-state index < -0.39 is 5.60 Å². The Bertz CT molecular complexity index is 967. The molecular weight excluding hydrogens is 366 g/mol. The SMILES string of the molecule is Cc1cc(C)cc(Nc2nc(NCc3ccc(C(=O)OC(C)(C)C)cc3)n[nH]2)c1. The maximum absolute atomic E-state index is 12.1. The van der Waals surface area contributed by atoms with Crippen LogP contribution in [0.15, 0.2) is 42.5 Å². The Balaban J connectivity index is 1.56. The second-order valence-electron chi connectivity index (χ2n) is 8.06. The summed E-state index contributed by atoms with van der Waals surface area (Å²) in [4.78, 5) is 16.5. The number of anilines is 3. The minimum Gasteiger partial charge on any atom is -0.456 e. The van der Waals surface area contributed by atoms with Crippen molar-refractivity contribution in [3.05, 3.63) is 64.7 Å². The Kier molecular flexibility index (Phi) is 5.87. The summed E-state index contributed by atoms with van der Waals surface area (Å²) >= 11 is 0. The molecule has 0 saturated carbocycles. The van der Waals surface area contributed by atoms with Crippen LogP contribution in [-0.4, -0.2) is 26.8 Å². The fraction of sp³-hybridized carbons (Fsp3) is 0.318. The van der Waals surface area contributed by atoms with Crippen LogP contribution in [0.3, 0.4) is 0 Å². The molecule has 3 N–H and O–H groups in total. The number of benzene rings is 2. The molecule has 0 amide bonds. The largest absolute Gasteiger partial charge is 0.456 e. The van der Waals surface area contributed by atoms with Crippen molar-refractivity contribution in [2.75, 3.05) is 10.6 Å². The highest BCUT2D eigenvalue weighted by atomic mass is 16.6. The van der Waals surface area contributed by atoms with E-state index in [2.05, 4.69) is 57.9 Å². The summed E-state index contributed by atoms with van der Waals surface area (Å²) in [6.07, 6.45) is 0. The monoisotopic (exact) mass is 393 g/mol. The van der Waals surface area contributed by atoms with Gasteiger partial charge in [0.05, 0.1) is 5.56 Å². The van der Waals surface area contributed by atoms with E-state index in [-0.39, 0.29) is 5.97 Å². The van der Waals surface area contributed by atoms with Crippen molar-refractivity contribution >= 4 is 23.6 Å². The Morgan fingerprint density at radius 2 is 1.72 bits per heavy atom. The first kappa shape index (κ1) is 20.4. The van der Waals surface area contributed by atoms with Gasteiger partial charge in [0.25, 0.3) is 0 Å². The summed E-state index contributed by atoms with van der Waals surface area (Å²) in [6.45, 7) is 10.2. The second kappa shape index (κ2) is 8.34. The standard InChI is InChI=1S/C22H27N5O2/c1-14-10-15(2)12-18(11-14)24-21-25-20(26-27-21)23-13-16-6-8-17(9-7-16)19(28)29-22(3,4)5/h6-12H,13H2,1-5H3,(H3,23,24,25,26,27). The highest BCUT2D eigenvalue weighted by molar-refractivity contribution is 5.89. The van der Waals surface area contributed by atoms with E-state index >= 15 is 0 Å². The van der Waals surface area contributed by atoms with Gasteiger partial charge in [0.15, 0.2) is 0 Å². The molecular formula is C22H27N5O2. The lowest BCUT2D eigenvalue weighted by molar-refractivity contribution is 0.00695. The summed E-state index contributed by atoms with van der Waals surface area (Å²) in [5.41, 5.74) is 4.35. The number of ether oxygens (including phenoxy) is 1. The Morgan fingerprint density at radius 1 is 1.07 bits per heavy atom. The number of hydrogen-bond donors (Lipinski definition) is 3. The Morgan fingerprint density at radius 3 is 2.34 bits per heavy atom. The molecule has 0 aliphatic rings. The molecule has 2 aromatic carbocycles. The van der Waals surface area contributed by atoms with Gasteiger partial charge >= 0.3 is 5.97 Å². The molecule has 152 valence electrons. The molecule has 7 nitrogen and oxygen atoms in total. The molecule has 3 aromatic rings. The zero-order valence-corrected chi connectivity index (χ0v) is 17.5. The lowest BCUT2D eigenvalue weighted by Crippen LogP contribution is -2.23. The quantitative estimate of drug-likeness (QED) is 0.524. The van der Waals surface area contributed by atoms with Crippen molar-refractivity contribution in [3.63, 3.8) is 0 Å². The van der Waals surface area contributed by atoms with Crippen LogP contribution in [0.2, 0.25) is 0 Å². The first-order valence-electron chi connectivity index (χ1n) is 9.52. The third-order valence-electron chi connectivity index (χ3n) is 4.01. The molecule has 3 rings (SSSR count). The number of esters is 1. The molecule has 0 unspecified atom stereocenters. The lowest BCUT2D eigenvalue weighted by Gasteiger charge is -2.19. The summed E-state index contributed by atoms with van der Waals surface area (Å²) in [5, 5.41) is 13.4. The van der Waals surface area contributed by atoms with Gasteiger partial charge in [-0.15, -0.1) is 5.10 Å². The number of carbonyl (C=O) groups is 1. The molecule has 0 bridgehead atoms. The van der Waals surface area contributed by atoms with E-state index in [1.54, 1.807) is 12.1 Å². The molecule has 0 radical (unpaired) electrons. The van der Waals surface area contributed by atoms with Gasteiger partial charge in [-0.3, -0.25) is 0 Å². The van der Waals surface area contributed by atoms with Crippen LogP contribution in [-0.2, 0) is 11.3 Å². The van der Waals surface area contributed by atoms with Crippen LogP contribution >= 0.6 is 0 Å². The minimum atomic E-state index is -0.508. The average Bonchev–Trinajstić information content (AvgIpc) is 3.05. The van der Waals surface area contributed by atoms with Crippen molar-refractivity contribution in [1.29, 1.82) is 0 Å². The fourth-order valence-corrected chi connectivity index (χ4v) is 2.86. The number of nitrogens with one attached hydrogen (secondary N) is 3.